The largest absolute Gasteiger partial charge is 0.478 e. The van der Waals surface area contributed by atoms with E-state index in [0.29, 0.717) is 5.56 Å². The minimum absolute atomic E-state index is 0.338. The van der Waals surface area contributed by atoms with Crippen LogP contribution in [0.2, 0.25) is 0 Å². The average molecular weight is 341 g/mol. The topological polar surface area (TPSA) is 43.8 Å². The number of halogens is 1. The van der Waals surface area contributed by atoms with Crippen LogP contribution >= 0.6 is 15.9 Å². The molecule has 1 fully saturated rings. The number of rotatable bonds is 4. The number of carbonyl (C=O) groups is 1. The maximum Gasteiger partial charge on any atom is 0.335 e. The summed E-state index contributed by atoms with van der Waals surface area (Å²) in [6.45, 7) is 3.12. The molecule has 1 aliphatic rings. The number of hydrogen-bond acceptors (Lipinski definition) is 3. The second-order valence-electron chi connectivity index (χ2n) is 5.70. The molecular weight excluding hydrogens is 320 g/mol. The molecule has 1 aromatic carbocycles. The normalized spacial score (nSPS) is 16.7. The second-order valence-corrected chi connectivity index (χ2v) is 6.61. The van der Waals surface area contributed by atoms with Crippen molar-refractivity contribution in [3.05, 3.63) is 28.2 Å². The molecule has 5 heteroatoms. The Morgan fingerprint density at radius 1 is 1.35 bits per heavy atom. The Morgan fingerprint density at radius 3 is 2.55 bits per heavy atom. The fraction of sp³-hybridized carbons (Fsp3) is 0.533. The van der Waals surface area contributed by atoms with Gasteiger partial charge in [-0.2, -0.15) is 0 Å². The summed E-state index contributed by atoms with van der Waals surface area (Å²) in [5, 5.41) is 9.13. The molecule has 0 spiro atoms. The van der Waals surface area contributed by atoms with Crippen LogP contribution in [0.25, 0.3) is 0 Å². The molecule has 0 aromatic heterocycles. The van der Waals surface area contributed by atoms with E-state index in [1.807, 2.05) is 6.07 Å². The number of carboxylic acids is 1. The summed E-state index contributed by atoms with van der Waals surface area (Å²) in [5.74, 6) is -0.137. The van der Waals surface area contributed by atoms with Gasteiger partial charge in [-0.1, -0.05) is 15.9 Å². The third-order valence-corrected chi connectivity index (χ3v) is 4.19. The number of benzene rings is 1. The van der Waals surface area contributed by atoms with Gasteiger partial charge in [0.2, 0.25) is 0 Å². The number of carboxylic acid groups (broad SMARTS) is 1. The Bertz CT molecular complexity index is 483. The summed E-state index contributed by atoms with van der Waals surface area (Å²) in [4.78, 5) is 15.6. The smallest absolute Gasteiger partial charge is 0.335 e. The predicted molar refractivity (Wildman–Crippen MR) is 84.6 cm³/mol. The highest BCUT2D eigenvalue weighted by Gasteiger charge is 2.20. The molecule has 1 aliphatic heterocycles. The van der Waals surface area contributed by atoms with Crippen molar-refractivity contribution in [2.75, 3.05) is 38.6 Å². The third kappa shape index (κ3) is 3.96. The minimum Gasteiger partial charge on any atom is -0.478 e. The molecular formula is C15H21BrN2O2. The fourth-order valence-electron chi connectivity index (χ4n) is 2.77. The van der Waals surface area contributed by atoms with Crippen LogP contribution in [0.15, 0.2) is 22.7 Å². The summed E-state index contributed by atoms with van der Waals surface area (Å²) in [6.07, 6.45) is 2.32. The number of aromatic carboxylic acids is 1. The van der Waals surface area contributed by atoms with Crippen LogP contribution in [0, 0.1) is 5.92 Å². The van der Waals surface area contributed by atoms with E-state index >= 15 is 0 Å². The van der Waals surface area contributed by atoms with Crippen molar-refractivity contribution >= 4 is 27.6 Å². The maximum atomic E-state index is 11.1. The number of nitrogens with zero attached hydrogens (tertiary/aromatic N) is 2. The van der Waals surface area contributed by atoms with Gasteiger partial charge >= 0.3 is 5.97 Å². The van der Waals surface area contributed by atoms with Gasteiger partial charge in [0.1, 0.15) is 0 Å². The van der Waals surface area contributed by atoms with Crippen LogP contribution in [-0.4, -0.2) is 49.7 Å². The number of hydrogen-bond donors (Lipinski definition) is 1. The molecule has 1 saturated heterocycles. The first-order valence-corrected chi connectivity index (χ1v) is 7.68. The van der Waals surface area contributed by atoms with E-state index < -0.39 is 5.97 Å². The first kappa shape index (κ1) is 15.3. The lowest BCUT2D eigenvalue weighted by molar-refractivity contribution is 0.0697. The zero-order valence-corrected chi connectivity index (χ0v) is 13.6. The van der Waals surface area contributed by atoms with Gasteiger partial charge in [0.25, 0.3) is 0 Å². The number of anilines is 1. The number of piperidine rings is 1. The summed E-state index contributed by atoms with van der Waals surface area (Å²) in [5.41, 5.74) is 1.34. The Labute approximate surface area is 128 Å². The van der Waals surface area contributed by atoms with Gasteiger partial charge < -0.3 is 14.9 Å². The Balaban J connectivity index is 2.05. The molecule has 20 heavy (non-hydrogen) atoms. The average Bonchev–Trinajstić information content (AvgIpc) is 2.38. The third-order valence-electron chi connectivity index (χ3n) is 3.73. The van der Waals surface area contributed by atoms with Crippen LogP contribution in [0.5, 0.6) is 0 Å². The van der Waals surface area contributed by atoms with Gasteiger partial charge in [-0.15, -0.1) is 0 Å². The molecule has 2 rings (SSSR count). The first-order chi connectivity index (χ1) is 9.45. The van der Waals surface area contributed by atoms with Crippen LogP contribution in [0.3, 0.4) is 0 Å². The highest BCUT2D eigenvalue weighted by molar-refractivity contribution is 9.10. The maximum absolute atomic E-state index is 11.1. The molecule has 0 saturated carbocycles. The summed E-state index contributed by atoms with van der Waals surface area (Å²) in [7, 11) is 4.22. The monoisotopic (exact) mass is 340 g/mol. The second kappa shape index (κ2) is 6.59. The highest BCUT2D eigenvalue weighted by Crippen LogP contribution is 2.27. The van der Waals surface area contributed by atoms with Crippen LogP contribution in [0.4, 0.5) is 5.69 Å². The van der Waals surface area contributed by atoms with Gasteiger partial charge in [0.05, 0.1) is 5.56 Å². The molecule has 0 unspecified atom stereocenters. The van der Waals surface area contributed by atoms with Crippen molar-refractivity contribution in [3.8, 4) is 0 Å². The van der Waals surface area contributed by atoms with Crippen molar-refractivity contribution in [3.63, 3.8) is 0 Å². The van der Waals surface area contributed by atoms with Crippen LogP contribution < -0.4 is 4.90 Å². The van der Waals surface area contributed by atoms with E-state index in [-0.39, 0.29) is 0 Å². The van der Waals surface area contributed by atoms with E-state index in [1.165, 1.54) is 0 Å². The van der Waals surface area contributed by atoms with Crippen molar-refractivity contribution in [1.82, 2.24) is 4.90 Å². The van der Waals surface area contributed by atoms with E-state index in [2.05, 4.69) is 39.8 Å². The summed E-state index contributed by atoms with van der Waals surface area (Å²) >= 11 is 3.40. The zero-order chi connectivity index (χ0) is 14.7. The summed E-state index contributed by atoms with van der Waals surface area (Å²) < 4.78 is 0.822. The lowest BCUT2D eigenvalue weighted by atomic mass is 9.96. The quantitative estimate of drug-likeness (QED) is 0.915. The van der Waals surface area contributed by atoms with Crippen LogP contribution in [0.1, 0.15) is 23.2 Å². The Hall–Kier alpha value is -1.07. The lowest BCUT2D eigenvalue weighted by Crippen LogP contribution is -2.37. The first-order valence-electron chi connectivity index (χ1n) is 6.89. The van der Waals surface area contributed by atoms with Gasteiger partial charge in [0, 0.05) is 29.8 Å². The molecule has 0 bridgehead atoms. The molecule has 1 N–H and O–H groups in total. The Kier molecular flexibility index (Phi) is 5.05. The van der Waals surface area contributed by atoms with E-state index in [4.69, 9.17) is 5.11 Å². The van der Waals surface area contributed by atoms with Crippen molar-refractivity contribution in [2.45, 2.75) is 12.8 Å². The SMILES string of the molecule is CN(C)CC1CCN(c2cc(Br)cc(C(=O)O)c2)CC1. The van der Waals surface area contributed by atoms with Gasteiger partial charge in [-0.25, -0.2) is 4.79 Å². The summed E-state index contributed by atoms with van der Waals surface area (Å²) in [6, 6.07) is 5.41. The molecule has 0 aliphatic carbocycles. The zero-order valence-electron chi connectivity index (χ0n) is 12.0. The van der Waals surface area contributed by atoms with Crippen molar-refractivity contribution in [2.24, 2.45) is 5.92 Å². The molecule has 110 valence electrons. The van der Waals surface area contributed by atoms with E-state index in [9.17, 15) is 4.79 Å². The van der Waals surface area contributed by atoms with Gasteiger partial charge in [-0.05, 0) is 51.1 Å². The van der Waals surface area contributed by atoms with Crippen molar-refractivity contribution < 1.29 is 9.90 Å². The molecule has 1 aromatic rings. The van der Waals surface area contributed by atoms with Crippen molar-refractivity contribution in [1.29, 1.82) is 0 Å². The van der Waals surface area contributed by atoms with Crippen LogP contribution in [-0.2, 0) is 0 Å². The highest BCUT2D eigenvalue weighted by atomic mass is 79.9. The predicted octanol–water partition coefficient (Wildman–Crippen LogP) is 2.93. The van der Waals surface area contributed by atoms with E-state index in [1.54, 1.807) is 12.1 Å². The molecule has 0 atom stereocenters. The van der Waals surface area contributed by atoms with Gasteiger partial charge in [0.15, 0.2) is 0 Å². The molecule has 0 radical (unpaired) electrons. The standard InChI is InChI=1S/C15H21BrN2O2/c1-17(2)10-11-3-5-18(6-4-11)14-8-12(15(19)20)7-13(16)9-14/h7-9,11H,3-6,10H2,1-2H3,(H,19,20). The molecule has 1 heterocycles. The molecule has 4 nitrogen and oxygen atoms in total. The molecule has 0 amide bonds. The minimum atomic E-state index is -0.880. The fourth-order valence-corrected chi connectivity index (χ4v) is 3.25. The lowest BCUT2D eigenvalue weighted by Gasteiger charge is -2.35. The van der Waals surface area contributed by atoms with E-state index in [0.717, 1.165) is 48.6 Å². The Morgan fingerprint density at radius 2 is 2.00 bits per heavy atom. The van der Waals surface area contributed by atoms with Gasteiger partial charge in [-0.3, -0.25) is 0 Å².